The maximum absolute atomic E-state index is 10.5. The summed E-state index contributed by atoms with van der Waals surface area (Å²) in [5, 5.41) is 10.5. The molecule has 1 fully saturated rings. The highest BCUT2D eigenvalue weighted by molar-refractivity contribution is 5.46. The van der Waals surface area contributed by atoms with Gasteiger partial charge >= 0.3 is 0 Å². The molecule has 0 aliphatic carbocycles. The predicted molar refractivity (Wildman–Crippen MR) is 109 cm³/mol. The van der Waals surface area contributed by atoms with E-state index in [1.165, 1.54) is 16.8 Å². The third kappa shape index (κ3) is 3.81. The van der Waals surface area contributed by atoms with Gasteiger partial charge in [-0.25, -0.2) is 0 Å². The number of aromatic hydroxyl groups is 1. The Labute approximate surface area is 160 Å². The highest BCUT2D eigenvalue weighted by atomic mass is 16.3. The molecule has 1 saturated heterocycles. The van der Waals surface area contributed by atoms with Gasteiger partial charge in [-0.2, -0.15) is 0 Å². The number of hydrogen-bond donors (Lipinski definition) is 1. The highest BCUT2D eigenvalue weighted by Crippen LogP contribution is 2.35. The summed E-state index contributed by atoms with van der Waals surface area (Å²) in [4.78, 5) is 8.99. The predicted octanol–water partition coefficient (Wildman–Crippen LogP) is 4.01. The zero-order valence-electron chi connectivity index (χ0n) is 15.6. The third-order valence-electron chi connectivity index (χ3n) is 5.30. The van der Waals surface area contributed by atoms with Crippen molar-refractivity contribution in [2.75, 3.05) is 31.1 Å². The SMILES string of the molecule is Cc1cccc(C(c2ccccc2O)N2CCN(c3ccncc3)CC2)c1. The van der Waals surface area contributed by atoms with Gasteiger partial charge < -0.3 is 10.0 Å². The van der Waals surface area contributed by atoms with Crippen molar-refractivity contribution in [2.24, 2.45) is 0 Å². The molecular formula is C23H25N3O. The topological polar surface area (TPSA) is 39.6 Å². The summed E-state index contributed by atoms with van der Waals surface area (Å²) in [6.45, 7) is 5.91. The maximum Gasteiger partial charge on any atom is 0.120 e. The summed E-state index contributed by atoms with van der Waals surface area (Å²) in [5.74, 6) is 0.362. The number of hydrogen-bond acceptors (Lipinski definition) is 4. The van der Waals surface area contributed by atoms with Gasteiger partial charge in [-0.3, -0.25) is 9.88 Å². The zero-order chi connectivity index (χ0) is 18.6. The van der Waals surface area contributed by atoms with Gasteiger partial charge in [0.15, 0.2) is 0 Å². The fourth-order valence-corrected chi connectivity index (χ4v) is 3.94. The second-order valence-corrected chi connectivity index (χ2v) is 7.10. The van der Waals surface area contributed by atoms with E-state index < -0.39 is 0 Å². The van der Waals surface area contributed by atoms with Crippen LogP contribution in [0.4, 0.5) is 5.69 Å². The molecule has 1 atom stereocenters. The van der Waals surface area contributed by atoms with Crippen LogP contribution in [0.3, 0.4) is 0 Å². The van der Waals surface area contributed by atoms with Crippen LogP contribution in [0.5, 0.6) is 5.75 Å². The molecule has 4 nitrogen and oxygen atoms in total. The Morgan fingerprint density at radius 3 is 2.33 bits per heavy atom. The normalized spacial score (nSPS) is 16.3. The molecule has 1 aliphatic rings. The molecule has 4 rings (SSSR count). The summed E-state index contributed by atoms with van der Waals surface area (Å²) in [6.07, 6.45) is 3.69. The zero-order valence-corrected chi connectivity index (χ0v) is 15.6. The smallest absolute Gasteiger partial charge is 0.120 e. The second kappa shape index (κ2) is 7.80. The minimum atomic E-state index is 0.0608. The minimum absolute atomic E-state index is 0.0608. The number of aromatic nitrogens is 1. The number of para-hydroxylation sites is 1. The molecule has 138 valence electrons. The Morgan fingerprint density at radius 1 is 0.889 bits per heavy atom. The fourth-order valence-electron chi connectivity index (χ4n) is 3.94. The van der Waals surface area contributed by atoms with E-state index >= 15 is 0 Å². The first-order valence-corrected chi connectivity index (χ1v) is 9.46. The number of benzene rings is 2. The van der Waals surface area contributed by atoms with Crippen molar-refractivity contribution < 1.29 is 5.11 Å². The second-order valence-electron chi connectivity index (χ2n) is 7.10. The Kier molecular flexibility index (Phi) is 5.07. The first-order valence-electron chi connectivity index (χ1n) is 9.46. The molecule has 2 aromatic carbocycles. The maximum atomic E-state index is 10.5. The number of phenolic OH excluding ortho intramolecular Hbond substituents is 1. The Bertz CT molecular complexity index is 889. The van der Waals surface area contributed by atoms with Crippen LogP contribution in [-0.4, -0.2) is 41.2 Å². The lowest BCUT2D eigenvalue weighted by Crippen LogP contribution is -2.48. The molecule has 0 amide bonds. The largest absolute Gasteiger partial charge is 0.508 e. The van der Waals surface area contributed by atoms with E-state index in [-0.39, 0.29) is 6.04 Å². The number of nitrogens with zero attached hydrogens (tertiary/aromatic N) is 3. The quantitative estimate of drug-likeness (QED) is 0.764. The van der Waals surface area contributed by atoms with Crippen molar-refractivity contribution in [3.8, 4) is 5.75 Å². The molecule has 0 saturated carbocycles. The first-order chi connectivity index (χ1) is 13.2. The van der Waals surface area contributed by atoms with Gasteiger partial charge in [0.25, 0.3) is 0 Å². The van der Waals surface area contributed by atoms with Gasteiger partial charge in [-0.1, -0.05) is 48.0 Å². The van der Waals surface area contributed by atoms with Crippen molar-refractivity contribution in [1.82, 2.24) is 9.88 Å². The lowest BCUT2D eigenvalue weighted by molar-refractivity contribution is 0.209. The van der Waals surface area contributed by atoms with Crippen LogP contribution in [0.1, 0.15) is 22.7 Å². The van der Waals surface area contributed by atoms with Crippen LogP contribution in [0, 0.1) is 6.92 Å². The summed E-state index contributed by atoms with van der Waals surface area (Å²) in [6, 6.07) is 20.5. The van der Waals surface area contributed by atoms with E-state index in [0.717, 1.165) is 31.7 Å². The first kappa shape index (κ1) is 17.6. The van der Waals surface area contributed by atoms with Gasteiger partial charge in [-0.05, 0) is 30.7 Å². The van der Waals surface area contributed by atoms with E-state index in [0.29, 0.717) is 5.75 Å². The number of piperazine rings is 1. The van der Waals surface area contributed by atoms with Crippen LogP contribution >= 0.6 is 0 Å². The molecule has 27 heavy (non-hydrogen) atoms. The molecule has 2 heterocycles. The van der Waals surface area contributed by atoms with Gasteiger partial charge in [0.05, 0.1) is 6.04 Å². The summed E-state index contributed by atoms with van der Waals surface area (Å²) < 4.78 is 0. The number of pyridine rings is 1. The Hall–Kier alpha value is -2.85. The van der Waals surface area contributed by atoms with Crippen molar-refractivity contribution in [2.45, 2.75) is 13.0 Å². The molecule has 1 aliphatic heterocycles. The minimum Gasteiger partial charge on any atom is -0.508 e. The van der Waals surface area contributed by atoms with Gasteiger partial charge in [0.1, 0.15) is 5.75 Å². The van der Waals surface area contributed by atoms with E-state index in [1.807, 2.05) is 30.6 Å². The lowest BCUT2D eigenvalue weighted by atomic mass is 9.94. The van der Waals surface area contributed by atoms with Crippen LogP contribution in [0.25, 0.3) is 0 Å². The van der Waals surface area contributed by atoms with Gasteiger partial charge in [0.2, 0.25) is 0 Å². The summed E-state index contributed by atoms with van der Waals surface area (Å²) in [5.41, 5.74) is 4.66. The van der Waals surface area contributed by atoms with E-state index in [2.05, 4.69) is 58.1 Å². The molecule has 0 radical (unpaired) electrons. The van der Waals surface area contributed by atoms with Crippen LogP contribution in [0.2, 0.25) is 0 Å². The van der Waals surface area contributed by atoms with E-state index in [1.54, 1.807) is 6.07 Å². The highest BCUT2D eigenvalue weighted by Gasteiger charge is 2.28. The number of anilines is 1. The fraction of sp³-hybridized carbons (Fsp3) is 0.261. The lowest BCUT2D eigenvalue weighted by Gasteiger charge is -2.40. The van der Waals surface area contributed by atoms with Crippen molar-refractivity contribution in [3.05, 3.63) is 89.7 Å². The number of phenols is 1. The third-order valence-corrected chi connectivity index (χ3v) is 5.30. The average molecular weight is 359 g/mol. The van der Waals surface area contributed by atoms with Gasteiger partial charge in [-0.15, -0.1) is 0 Å². The molecule has 1 N–H and O–H groups in total. The molecular weight excluding hydrogens is 334 g/mol. The summed E-state index contributed by atoms with van der Waals surface area (Å²) in [7, 11) is 0. The van der Waals surface area contributed by atoms with E-state index in [9.17, 15) is 5.11 Å². The van der Waals surface area contributed by atoms with Crippen molar-refractivity contribution in [1.29, 1.82) is 0 Å². The van der Waals surface area contributed by atoms with Gasteiger partial charge in [0, 0.05) is 49.8 Å². The monoisotopic (exact) mass is 359 g/mol. The van der Waals surface area contributed by atoms with Crippen molar-refractivity contribution >= 4 is 5.69 Å². The molecule has 3 aromatic rings. The van der Waals surface area contributed by atoms with Crippen LogP contribution < -0.4 is 4.90 Å². The molecule has 0 bridgehead atoms. The molecule has 1 aromatic heterocycles. The van der Waals surface area contributed by atoms with Crippen LogP contribution in [0.15, 0.2) is 73.1 Å². The van der Waals surface area contributed by atoms with E-state index in [4.69, 9.17) is 0 Å². The molecule has 1 unspecified atom stereocenters. The summed E-state index contributed by atoms with van der Waals surface area (Å²) >= 11 is 0. The number of rotatable bonds is 4. The average Bonchev–Trinajstić information content (AvgIpc) is 2.71. The number of aryl methyl sites for hydroxylation is 1. The Morgan fingerprint density at radius 2 is 1.63 bits per heavy atom. The molecule has 0 spiro atoms. The molecule has 4 heteroatoms. The van der Waals surface area contributed by atoms with Crippen LogP contribution in [-0.2, 0) is 0 Å². The van der Waals surface area contributed by atoms with Crippen molar-refractivity contribution in [3.63, 3.8) is 0 Å². The standard InChI is InChI=1S/C23H25N3O/c1-18-5-4-6-19(17-18)23(21-7-2-3-8-22(21)27)26-15-13-25(14-16-26)20-9-11-24-12-10-20/h2-12,17,23,27H,13-16H2,1H3. The Balaban J connectivity index is 1.61.